The van der Waals surface area contributed by atoms with Gasteiger partial charge in [-0.1, -0.05) is 18.2 Å². The average Bonchev–Trinajstić information content (AvgIpc) is 3.23. The van der Waals surface area contributed by atoms with E-state index in [4.69, 9.17) is 0 Å². The summed E-state index contributed by atoms with van der Waals surface area (Å²) in [5.74, 6) is 0.757. The number of carbonyl (C=O) groups is 1. The molecule has 1 unspecified atom stereocenters. The molecule has 3 aromatic heterocycles. The zero-order valence-corrected chi connectivity index (χ0v) is 13.9. The van der Waals surface area contributed by atoms with Gasteiger partial charge < -0.3 is 14.7 Å². The van der Waals surface area contributed by atoms with Crippen molar-refractivity contribution in [3.63, 3.8) is 0 Å². The van der Waals surface area contributed by atoms with E-state index in [-0.39, 0.29) is 11.9 Å². The Morgan fingerprint density at radius 2 is 2.04 bits per heavy atom. The molecule has 0 saturated heterocycles. The summed E-state index contributed by atoms with van der Waals surface area (Å²) in [7, 11) is 0. The summed E-state index contributed by atoms with van der Waals surface area (Å²) in [5.41, 5.74) is 3.69. The van der Waals surface area contributed by atoms with Gasteiger partial charge >= 0.3 is 0 Å². The van der Waals surface area contributed by atoms with Crippen molar-refractivity contribution in [1.29, 1.82) is 0 Å². The largest absolute Gasteiger partial charge is 0.346 e. The van der Waals surface area contributed by atoms with Gasteiger partial charge in [-0.2, -0.15) is 0 Å². The lowest BCUT2D eigenvalue weighted by atomic mass is 10.2. The maximum atomic E-state index is 12.2. The summed E-state index contributed by atoms with van der Waals surface area (Å²) in [6.45, 7) is 1.93. The van der Waals surface area contributed by atoms with Gasteiger partial charge in [-0.25, -0.2) is 9.97 Å². The number of imidazole rings is 2. The van der Waals surface area contributed by atoms with Crippen LogP contribution in [0.1, 0.15) is 30.9 Å². The molecule has 0 radical (unpaired) electrons. The quantitative estimate of drug-likeness (QED) is 0.589. The van der Waals surface area contributed by atoms with E-state index in [0.717, 1.165) is 28.2 Å². The molecule has 1 aromatic carbocycles. The first-order chi connectivity index (χ1) is 12.2. The molecule has 6 heteroatoms. The number of aromatic nitrogens is 4. The van der Waals surface area contributed by atoms with Crippen LogP contribution in [0.2, 0.25) is 0 Å². The van der Waals surface area contributed by atoms with E-state index in [1.807, 2.05) is 66.2 Å². The fourth-order valence-electron chi connectivity index (χ4n) is 2.91. The van der Waals surface area contributed by atoms with Crippen LogP contribution in [0.4, 0.5) is 0 Å². The zero-order chi connectivity index (χ0) is 17.2. The normalized spacial score (nSPS) is 12.5. The molecule has 0 spiro atoms. The van der Waals surface area contributed by atoms with E-state index >= 15 is 0 Å². The number of nitrogens with zero attached hydrogens (tertiary/aromatic N) is 3. The number of H-pyrrole nitrogens is 1. The Bertz CT molecular complexity index is 966. The number of nitrogens with one attached hydrogen (secondary N) is 2. The maximum absolute atomic E-state index is 12.2. The summed E-state index contributed by atoms with van der Waals surface area (Å²) in [5, 5.41) is 2.99. The van der Waals surface area contributed by atoms with Crippen molar-refractivity contribution in [2.45, 2.75) is 25.8 Å². The third-order valence-corrected chi connectivity index (χ3v) is 4.22. The number of hydrogen-bond donors (Lipinski definition) is 2. The minimum Gasteiger partial charge on any atom is -0.346 e. The molecule has 126 valence electrons. The van der Waals surface area contributed by atoms with Gasteiger partial charge in [0.05, 0.1) is 22.8 Å². The van der Waals surface area contributed by atoms with E-state index < -0.39 is 0 Å². The predicted octanol–water partition coefficient (Wildman–Crippen LogP) is 3.02. The molecule has 0 saturated carbocycles. The van der Waals surface area contributed by atoms with Crippen molar-refractivity contribution in [2.24, 2.45) is 0 Å². The van der Waals surface area contributed by atoms with Crippen molar-refractivity contribution >= 4 is 22.6 Å². The molecule has 0 aliphatic heterocycles. The highest BCUT2D eigenvalue weighted by atomic mass is 16.1. The van der Waals surface area contributed by atoms with Crippen LogP contribution < -0.4 is 5.32 Å². The van der Waals surface area contributed by atoms with E-state index in [1.165, 1.54) is 0 Å². The molecule has 1 amide bonds. The van der Waals surface area contributed by atoms with E-state index in [2.05, 4.69) is 20.3 Å². The molecule has 1 atom stereocenters. The highest BCUT2D eigenvalue weighted by Gasteiger charge is 2.14. The molecule has 0 bridgehead atoms. The van der Waals surface area contributed by atoms with Gasteiger partial charge in [0.2, 0.25) is 5.91 Å². The maximum Gasteiger partial charge on any atom is 0.220 e. The fourth-order valence-corrected chi connectivity index (χ4v) is 2.91. The van der Waals surface area contributed by atoms with Crippen LogP contribution in [-0.4, -0.2) is 25.3 Å². The van der Waals surface area contributed by atoms with Crippen LogP contribution in [-0.2, 0) is 11.2 Å². The van der Waals surface area contributed by atoms with Gasteiger partial charge in [-0.3, -0.25) is 4.79 Å². The van der Waals surface area contributed by atoms with Crippen LogP contribution in [0.25, 0.3) is 16.7 Å². The Morgan fingerprint density at radius 1 is 1.20 bits per heavy atom. The fraction of sp³-hybridized carbons (Fsp3) is 0.211. The second-order valence-corrected chi connectivity index (χ2v) is 6.13. The SMILES string of the molecule is CC(NC(=O)CCc1cn2ccccc2n1)c1nc2ccccc2[nH]1. The number of hydrogen-bond acceptors (Lipinski definition) is 3. The van der Waals surface area contributed by atoms with Crippen molar-refractivity contribution in [1.82, 2.24) is 24.7 Å². The summed E-state index contributed by atoms with van der Waals surface area (Å²) in [4.78, 5) is 24.5. The number of aromatic amines is 1. The molecular formula is C19H19N5O. The van der Waals surface area contributed by atoms with Gasteiger partial charge in [-0.05, 0) is 37.6 Å². The van der Waals surface area contributed by atoms with Crippen LogP contribution in [0, 0.1) is 0 Å². The molecule has 25 heavy (non-hydrogen) atoms. The van der Waals surface area contributed by atoms with Gasteiger partial charge in [0.15, 0.2) is 0 Å². The summed E-state index contributed by atoms with van der Waals surface area (Å²) >= 11 is 0. The highest BCUT2D eigenvalue weighted by molar-refractivity contribution is 5.77. The first-order valence-corrected chi connectivity index (χ1v) is 8.36. The topological polar surface area (TPSA) is 75.1 Å². The molecule has 2 N–H and O–H groups in total. The Labute approximate surface area is 144 Å². The average molecular weight is 333 g/mol. The van der Waals surface area contributed by atoms with Gasteiger partial charge in [-0.15, -0.1) is 0 Å². The first-order valence-electron chi connectivity index (χ1n) is 8.36. The highest BCUT2D eigenvalue weighted by Crippen LogP contribution is 2.15. The lowest BCUT2D eigenvalue weighted by molar-refractivity contribution is -0.121. The zero-order valence-electron chi connectivity index (χ0n) is 13.9. The number of para-hydroxylation sites is 2. The first kappa shape index (κ1) is 15.4. The lowest BCUT2D eigenvalue weighted by Crippen LogP contribution is -2.27. The minimum absolute atomic E-state index is 0.00925. The lowest BCUT2D eigenvalue weighted by Gasteiger charge is -2.10. The number of pyridine rings is 1. The summed E-state index contributed by atoms with van der Waals surface area (Å²) in [6.07, 6.45) is 4.93. The number of fused-ring (bicyclic) bond motifs is 2. The van der Waals surface area contributed by atoms with E-state index in [9.17, 15) is 4.79 Å². The Morgan fingerprint density at radius 3 is 2.88 bits per heavy atom. The second kappa shape index (κ2) is 6.39. The van der Waals surface area contributed by atoms with Crippen molar-refractivity contribution in [3.8, 4) is 0 Å². The van der Waals surface area contributed by atoms with Crippen molar-refractivity contribution < 1.29 is 4.79 Å². The van der Waals surface area contributed by atoms with Crippen molar-refractivity contribution in [3.05, 3.63) is 66.4 Å². The molecule has 4 rings (SSSR count). The van der Waals surface area contributed by atoms with E-state index in [0.29, 0.717) is 12.8 Å². The third kappa shape index (κ3) is 3.24. The smallest absolute Gasteiger partial charge is 0.220 e. The standard InChI is InChI=1S/C19H19N5O/c1-13(19-22-15-6-2-3-7-16(15)23-19)20-18(25)10-9-14-12-24-11-5-4-8-17(24)21-14/h2-8,11-13H,9-10H2,1H3,(H,20,25)(H,22,23). The molecule has 0 aliphatic carbocycles. The Balaban J connectivity index is 1.37. The molecule has 0 aliphatic rings. The number of carbonyl (C=O) groups excluding carboxylic acids is 1. The predicted molar refractivity (Wildman–Crippen MR) is 96.2 cm³/mol. The monoisotopic (exact) mass is 333 g/mol. The van der Waals surface area contributed by atoms with E-state index in [1.54, 1.807) is 0 Å². The number of aryl methyl sites for hydroxylation is 1. The summed E-state index contributed by atoms with van der Waals surface area (Å²) < 4.78 is 1.96. The van der Waals surface area contributed by atoms with Gasteiger partial charge in [0.25, 0.3) is 0 Å². The summed E-state index contributed by atoms with van der Waals surface area (Å²) in [6, 6.07) is 13.5. The molecular weight excluding hydrogens is 314 g/mol. The van der Waals surface area contributed by atoms with Crippen LogP contribution >= 0.6 is 0 Å². The number of amides is 1. The third-order valence-electron chi connectivity index (χ3n) is 4.22. The molecule has 0 fully saturated rings. The molecule has 4 aromatic rings. The van der Waals surface area contributed by atoms with Crippen LogP contribution in [0.5, 0.6) is 0 Å². The van der Waals surface area contributed by atoms with Crippen molar-refractivity contribution in [2.75, 3.05) is 0 Å². The van der Waals surface area contributed by atoms with Gasteiger partial charge in [0, 0.05) is 18.8 Å². The molecule has 6 nitrogen and oxygen atoms in total. The second-order valence-electron chi connectivity index (χ2n) is 6.13. The Kier molecular flexibility index (Phi) is 3.93. The van der Waals surface area contributed by atoms with Crippen LogP contribution in [0.3, 0.4) is 0 Å². The number of benzene rings is 1. The Hall–Kier alpha value is -3.15. The molecule has 3 heterocycles. The van der Waals surface area contributed by atoms with Crippen LogP contribution in [0.15, 0.2) is 54.9 Å². The van der Waals surface area contributed by atoms with Gasteiger partial charge in [0.1, 0.15) is 11.5 Å². The minimum atomic E-state index is -0.166. The number of rotatable bonds is 5.